The van der Waals surface area contributed by atoms with Gasteiger partial charge in [-0.25, -0.2) is 4.79 Å². The van der Waals surface area contributed by atoms with Crippen molar-refractivity contribution in [2.24, 2.45) is 0 Å². The van der Waals surface area contributed by atoms with Crippen LogP contribution in [-0.4, -0.2) is 37.7 Å². The van der Waals surface area contributed by atoms with Gasteiger partial charge in [0, 0.05) is 16.6 Å². The predicted molar refractivity (Wildman–Crippen MR) is 165 cm³/mol. The summed E-state index contributed by atoms with van der Waals surface area (Å²) in [7, 11) is 1.33. The van der Waals surface area contributed by atoms with Gasteiger partial charge in [0.2, 0.25) is 5.91 Å². The molecule has 2 amide bonds. The minimum atomic E-state index is -0.926. The molecule has 0 aliphatic rings. The third-order valence-electron chi connectivity index (χ3n) is 6.50. The van der Waals surface area contributed by atoms with Crippen molar-refractivity contribution in [1.82, 2.24) is 10.6 Å². The van der Waals surface area contributed by atoms with Crippen LogP contribution >= 0.6 is 15.9 Å². The number of halogens is 1. The van der Waals surface area contributed by atoms with Gasteiger partial charge in [-0.2, -0.15) is 0 Å². The first-order valence-electron chi connectivity index (χ1n) is 13.4. The van der Waals surface area contributed by atoms with Crippen molar-refractivity contribution in [2.75, 3.05) is 19.0 Å². The molecule has 3 N–H and O–H groups in total. The van der Waals surface area contributed by atoms with Gasteiger partial charge in [0.1, 0.15) is 12.6 Å². The van der Waals surface area contributed by atoms with E-state index in [-0.39, 0.29) is 19.6 Å². The first-order chi connectivity index (χ1) is 20.4. The average Bonchev–Trinajstić information content (AvgIpc) is 3.02. The lowest BCUT2D eigenvalue weighted by Gasteiger charge is -2.24. The number of hydrogen-bond donors (Lipinski definition) is 3. The van der Waals surface area contributed by atoms with Gasteiger partial charge in [0.15, 0.2) is 0 Å². The van der Waals surface area contributed by atoms with E-state index in [0.717, 1.165) is 26.7 Å². The number of methoxy groups -OCH3 is 1. The van der Waals surface area contributed by atoms with Crippen molar-refractivity contribution in [2.45, 2.75) is 25.1 Å². The highest BCUT2D eigenvalue weighted by Crippen LogP contribution is 2.31. The number of ether oxygens (including phenoxy) is 2. The largest absolute Gasteiger partial charge is 0.468 e. The number of carbonyl (C=O) groups is 3. The third kappa shape index (κ3) is 9.02. The Morgan fingerprint density at radius 1 is 0.810 bits per heavy atom. The minimum Gasteiger partial charge on any atom is -0.468 e. The van der Waals surface area contributed by atoms with E-state index in [1.54, 1.807) is 6.07 Å². The van der Waals surface area contributed by atoms with E-state index >= 15 is 0 Å². The van der Waals surface area contributed by atoms with Crippen LogP contribution in [0.1, 0.15) is 28.3 Å². The zero-order valence-electron chi connectivity index (χ0n) is 23.1. The van der Waals surface area contributed by atoms with Crippen LogP contribution in [0.25, 0.3) is 0 Å². The Hall–Kier alpha value is -4.47. The predicted octanol–water partition coefficient (Wildman–Crippen LogP) is 5.78. The summed E-state index contributed by atoms with van der Waals surface area (Å²) < 4.78 is 11.0. The number of esters is 1. The maximum absolute atomic E-state index is 13.7. The summed E-state index contributed by atoms with van der Waals surface area (Å²) in [6, 6.07) is 32.4. The molecule has 0 saturated heterocycles. The summed E-state index contributed by atoms with van der Waals surface area (Å²) in [5.74, 6) is -0.837. The quantitative estimate of drug-likeness (QED) is 0.172. The van der Waals surface area contributed by atoms with Crippen LogP contribution in [0, 0.1) is 0 Å². The van der Waals surface area contributed by atoms with Gasteiger partial charge in [0.05, 0.1) is 19.7 Å². The van der Waals surface area contributed by atoms with E-state index in [1.807, 2.05) is 103 Å². The fourth-order valence-corrected chi connectivity index (χ4v) is 4.76. The van der Waals surface area contributed by atoms with Gasteiger partial charge < -0.3 is 20.1 Å². The van der Waals surface area contributed by atoms with Gasteiger partial charge in [-0.3, -0.25) is 14.9 Å². The highest BCUT2D eigenvalue weighted by atomic mass is 79.9. The molecule has 4 aromatic carbocycles. The lowest BCUT2D eigenvalue weighted by atomic mass is 9.96. The summed E-state index contributed by atoms with van der Waals surface area (Å²) >= 11 is 3.53. The molecule has 8 nitrogen and oxygen atoms in total. The second-order valence-electron chi connectivity index (χ2n) is 9.47. The van der Waals surface area contributed by atoms with Crippen LogP contribution in [0.15, 0.2) is 114 Å². The first-order valence-corrected chi connectivity index (χ1v) is 14.2. The zero-order valence-corrected chi connectivity index (χ0v) is 24.7. The number of anilines is 1. The number of nitrogens with one attached hydrogen (secondary N) is 3. The van der Waals surface area contributed by atoms with Crippen molar-refractivity contribution in [3.05, 3.63) is 136 Å². The standard InChI is InChI=1S/C33H32BrN3O5/c1-41-30(38)21-35-31(25-15-9-4-10-16-25)27-20-26(34)17-18-28(27)36-32(39)29(19-23-11-5-2-6-12-23)37-33(40)42-22-24-13-7-3-8-14-24/h2-18,20,29,31,35H,19,21-22H2,1H3,(H,36,39)(H,37,40)/t29-,31-/m1/s1. The van der Waals surface area contributed by atoms with E-state index in [2.05, 4.69) is 31.9 Å². The van der Waals surface area contributed by atoms with Crippen molar-refractivity contribution in [3.8, 4) is 0 Å². The highest BCUT2D eigenvalue weighted by molar-refractivity contribution is 9.10. The van der Waals surface area contributed by atoms with E-state index in [4.69, 9.17) is 9.47 Å². The molecule has 0 fully saturated rings. The molecule has 2 atom stereocenters. The molecule has 0 bridgehead atoms. The maximum atomic E-state index is 13.7. The summed E-state index contributed by atoms with van der Waals surface area (Å²) in [4.78, 5) is 38.5. The molecule has 216 valence electrons. The molecule has 0 saturated carbocycles. The molecule has 0 spiro atoms. The van der Waals surface area contributed by atoms with Crippen LogP contribution in [0.5, 0.6) is 0 Å². The number of benzene rings is 4. The number of carbonyl (C=O) groups excluding carboxylic acids is 3. The molecule has 0 unspecified atom stereocenters. The highest BCUT2D eigenvalue weighted by Gasteiger charge is 2.25. The Kier molecular flexibility index (Phi) is 11.3. The van der Waals surface area contributed by atoms with Gasteiger partial charge >= 0.3 is 12.1 Å². The number of alkyl carbamates (subject to hydrolysis) is 1. The zero-order chi connectivity index (χ0) is 29.7. The molecule has 9 heteroatoms. The average molecular weight is 631 g/mol. The Morgan fingerprint density at radius 3 is 2.07 bits per heavy atom. The Labute approximate surface area is 253 Å². The topological polar surface area (TPSA) is 106 Å². The molecule has 0 radical (unpaired) electrons. The summed E-state index contributed by atoms with van der Waals surface area (Å²) in [6.45, 7) is 0.0369. The second-order valence-corrected chi connectivity index (χ2v) is 10.4. The van der Waals surface area contributed by atoms with E-state index < -0.39 is 30.1 Å². The molecular weight excluding hydrogens is 598 g/mol. The van der Waals surface area contributed by atoms with Crippen LogP contribution in [0.4, 0.5) is 10.5 Å². The Morgan fingerprint density at radius 2 is 1.43 bits per heavy atom. The van der Waals surface area contributed by atoms with Gasteiger partial charge in [-0.05, 0) is 40.5 Å². The van der Waals surface area contributed by atoms with Crippen molar-refractivity contribution >= 4 is 39.6 Å². The van der Waals surface area contributed by atoms with Crippen LogP contribution < -0.4 is 16.0 Å². The fraction of sp³-hybridized carbons (Fsp3) is 0.182. The molecule has 0 aliphatic carbocycles. The smallest absolute Gasteiger partial charge is 0.408 e. The van der Waals surface area contributed by atoms with E-state index in [1.165, 1.54) is 7.11 Å². The lowest BCUT2D eigenvalue weighted by molar-refractivity contribution is -0.139. The fourth-order valence-electron chi connectivity index (χ4n) is 4.38. The Bertz CT molecular complexity index is 1470. The van der Waals surface area contributed by atoms with Crippen LogP contribution in [0.2, 0.25) is 0 Å². The van der Waals surface area contributed by atoms with Gasteiger partial charge in [-0.15, -0.1) is 0 Å². The number of hydrogen-bond acceptors (Lipinski definition) is 6. The molecule has 0 aliphatic heterocycles. The summed E-state index contributed by atoms with van der Waals surface area (Å²) in [5, 5.41) is 8.98. The van der Waals surface area contributed by atoms with Crippen LogP contribution in [-0.2, 0) is 32.1 Å². The Balaban J connectivity index is 1.58. The number of amides is 2. The van der Waals surface area contributed by atoms with E-state index in [0.29, 0.717) is 5.69 Å². The molecule has 4 rings (SSSR count). The molecule has 42 heavy (non-hydrogen) atoms. The third-order valence-corrected chi connectivity index (χ3v) is 6.99. The van der Waals surface area contributed by atoms with Gasteiger partial charge in [0.25, 0.3) is 0 Å². The normalized spacial score (nSPS) is 12.0. The van der Waals surface area contributed by atoms with Crippen LogP contribution in [0.3, 0.4) is 0 Å². The maximum Gasteiger partial charge on any atom is 0.408 e. The second kappa shape index (κ2) is 15.5. The monoisotopic (exact) mass is 629 g/mol. The molecule has 0 aromatic heterocycles. The molecular formula is C33H32BrN3O5. The summed E-state index contributed by atoms with van der Waals surface area (Å²) in [5.41, 5.74) is 3.84. The molecule has 4 aromatic rings. The lowest BCUT2D eigenvalue weighted by Crippen LogP contribution is -2.45. The summed E-state index contributed by atoms with van der Waals surface area (Å²) in [6.07, 6.45) is -0.449. The van der Waals surface area contributed by atoms with Crippen molar-refractivity contribution in [3.63, 3.8) is 0 Å². The van der Waals surface area contributed by atoms with E-state index in [9.17, 15) is 14.4 Å². The first kappa shape index (κ1) is 30.5. The van der Waals surface area contributed by atoms with Gasteiger partial charge in [-0.1, -0.05) is 107 Å². The van der Waals surface area contributed by atoms with Crippen molar-refractivity contribution < 1.29 is 23.9 Å². The minimum absolute atomic E-state index is 0.0403. The molecule has 0 heterocycles. The SMILES string of the molecule is COC(=O)CN[C@H](c1ccccc1)c1cc(Br)ccc1NC(=O)[C@@H](Cc1ccccc1)NC(=O)OCc1ccccc1. The number of rotatable bonds is 12. The van der Waals surface area contributed by atoms with Crippen molar-refractivity contribution in [1.29, 1.82) is 0 Å².